The van der Waals surface area contributed by atoms with Gasteiger partial charge in [0.05, 0.1) is 17.6 Å². The van der Waals surface area contributed by atoms with Crippen LogP contribution in [-0.4, -0.2) is 25.5 Å². The van der Waals surface area contributed by atoms with Gasteiger partial charge in [0.15, 0.2) is 0 Å². The zero-order chi connectivity index (χ0) is 19.5. The Bertz CT molecular complexity index is 1090. The molecule has 0 saturated heterocycles. The number of carbonyl (C=O) groups excluding carboxylic acids is 1. The lowest BCUT2D eigenvalue weighted by atomic mass is 10.1. The largest absolute Gasteiger partial charge is 0.309 e. The Hall–Kier alpha value is -3.67. The van der Waals surface area contributed by atoms with Crippen molar-refractivity contribution in [3.8, 4) is 16.9 Å². The number of anilines is 1. The van der Waals surface area contributed by atoms with Crippen molar-refractivity contribution >= 4 is 11.7 Å². The SMILES string of the molecule is Cc1ccc(-c2nn(CC(=O)Nc3ccnn3-c3ccccc3)cc2C)cc1. The maximum absolute atomic E-state index is 12.6. The number of nitrogens with one attached hydrogen (secondary N) is 1. The Morgan fingerprint density at radius 2 is 1.75 bits per heavy atom. The first-order chi connectivity index (χ1) is 13.6. The van der Waals surface area contributed by atoms with Crippen LogP contribution in [0.5, 0.6) is 0 Å². The molecule has 0 aliphatic rings. The summed E-state index contributed by atoms with van der Waals surface area (Å²) in [4.78, 5) is 12.6. The molecule has 2 aromatic heterocycles. The van der Waals surface area contributed by atoms with Crippen LogP contribution in [0.25, 0.3) is 16.9 Å². The molecule has 6 heteroatoms. The van der Waals surface area contributed by atoms with E-state index in [4.69, 9.17) is 0 Å². The highest BCUT2D eigenvalue weighted by Gasteiger charge is 2.12. The van der Waals surface area contributed by atoms with Crippen LogP contribution in [0.15, 0.2) is 73.1 Å². The number of nitrogens with zero attached hydrogens (tertiary/aromatic N) is 4. The maximum Gasteiger partial charge on any atom is 0.247 e. The molecule has 0 atom stereocenters. The lowest BCUT2D eigenvalue weighted by molar-refractivity contribution is -0.116. The third-order valence-electron chi connectivity index (χ3n) is 4.49. The number of hydrogen-bond acceptors (Lipinski definition) is 3. The van der Waals surface area contributed by atoms with Crippen LogP contribution < -0.4 is 5.32 Å². The summed E-state index contributed by atoms with van der Waals surface area (Å²) in [5, 5.41) is 11.8. The van der Waals surface area contributed by atoms with Gasteiger partial charge in [0, 0.05) is 17.8 Å². The Kier molecular flexibility index (Phi) is 4.76. The molecule has 0 bridgehead atoms. The number of aromatic nitrogens is 4. The van der Waals surface area contributed by atoms with Crippen LogP contribution in [0.1, 0.15) is 11.1 Å². The lowest BCUT2D eigenvalue weighted by Gasteiger charge is -2.09. The van der Waals surface area contributed by atoms with Crippen molar-refractivity contribution in [3.05, 3.63) is 84.2 Å². The van der Waals surface area contributed by atoms with Crippen LogP contribution >= 0.6 is 0 Å². The van der Waals surface area contributed by atoms with Crippen LogP contribution in [0.2, 0.25) is 0 Å². The molecule has 6 nitrogen and oxygen atoms in total. The molecule has 4 rings (SSSR count). The van der Waals surface area contributed by atoms with E-state index in [2.05, 4.69) is 34.6 Å². The molecule has 0 aliphatic heterocycles. The molecule has 4 aromatic rings. The minimum absolute atomic E-state index is 0.132. The molecule has 0 radical (unpaired) electrons. The van der Waals surface area contributed by atoms with Gasteiger partial charge in [-0.05, 0) is 31.5 Å². The van der Waals surface area contributed by atoms with E-state index in [1.54, 1.807) is 21.6 Å². The number of amides is 1. The number of rotatable bonds is 5. The molecule has 2 heterocycles. The minimum Gasteiger partial charge on any atom is -0.309 e. The van der Waals surface area contributed by atoms with Gasteiger partial charge in [-0.25, -0.2) is 4.68 Å². The normalized spacial score (nSPS) is 10.8. The summed E-state index contributed by atoms with van der Waals surface area (Å²) in [6.07, 6.45) is 3.55. The highest BCUT2D eigenvalue weighted by molar-refractivity contribution is 5.90. The van der Waals surface area contributed by atoms with Crippen LogP contribution in [0.3, 0.4) is 0 Å². The van der Waals surface area contributed by atoms with Gasteiger partial charge in [-0.3, -0.25) is 9.48 Å². The molecule has 0 fully saturated rings. The molecule has 1 amide bonds. The highest BCUT2D eigenvalue weighted by atomic mass is 16.2. The lowest BCUT2D eigenvalue weighted by Crippen LogP contribution is -2.20. The molecule has 0 unspecified atom stereocenters. The third-order valence-corrected chi connectivity index (χ3v) is 4.49. The fourth-order valence-electron chi connectivity index (χ4n) is 3.10. The van der Waals surface area contributed by atoms with Crippen molar-refractivity contribution in [2.24, 2.45) is 0 Å². The van der Waals surface area contributed by atoms with E-state index >= 15 is 0 Å². The molecule has 28 heavy (non-hydrogen) atoms. The second-order valence-electron chi connectivity index (χ2n) is 6.74. The number of aryl methyl sites for hydroxylation is 2. The Balaban J connectivity index is 1.49. The zero-order valence-electron chi connectivity index (χ0n) is 15.8. The predicted octanol–water partition coefficient (Wildman–Crippen LogP) is 3.99. The molecule has 0 aliphatic carbocycles. The summed E-state index contributed by atoms with van der Waals surface area (Å²) in [7, 11) is 0. The Morgan fingerprint density at radius 1 is 1.00 bits per heavy atom. The van der Waals surface area contributed by atoms with Crippen molar-refractivity contribution < 1.29 is 4.79 Å². The van der Waals surface area contributed by atoms with Crippen LogP contribution in [0.4, 0.5) is 5.82 Å². The van der Waals surface area contributed by atoms with Gasteiger partial charge in [0.2, 0.25) is 5.91 Å². The summed E-state index contributed by atoms with van der Waals surface area (Å²) >= 11 is 0. The van der Waals surface area contributed by atoms with Crippen molar-refractivity contribution in [1.29, 1.82) is 0 Å². The third kappa shape index (κ3) is 3.71. The molecule has 0 spiro atoms. The van der Waals surface area contributed by atoms with E-state index in [1.165, 1.54) is 5.56 Å². The second kappa shape index (κ2) is 7.52. The smallest absolute Gasteiger partial charge is 0.247 e. The average molecular weight is 371 g/mol. The zero-order valence-corrected chi connectivity index (χ0v) is 15.8. The average Bonchev–Trinajstić information content (AvgIpc) is 3.29. The van der Waals surface area contributed by atoms with E-state index in [0.29, 0.717) is 5.82 Å². The summed E-state index contributed by atoms with van der Waals surface area (Å²) in [5.41, 5.74) is 5.06. The van der Waals surface area contributed by atoms with E-state index in [9.17, 15) is 4.79 Å². The number of hydrogen-bond donors (Lipinski definition) is 1. The van der Waals surface area contributed by atoms with Gasteiger partial charge in [0.25, 0.3) is 0 Å². The quantitative estimate of drug-likeness (QED) is 0.577. The van der Waals surface area contributed by atoms with Crippen molar-refractivity contribution in [2.75, 3.05) is 5.32 Å². The first-order valence-corrected chi connectivity index (χ1v) is 9.10. The molecular formula is C22H21N5O. The van der Waals surface area contributed by atoms with Gasteiger partial charge >= 0.3 is 0 Å². The van der Waals surface area contributed by atoms with Crippen LogP contribution in [0, 0.1) is 13.8 Å². The van der Waals surface area contributed by atoms with Gasteiger partial charge in [-0.1, -0.05) is 48.0 Å². The standard InChI is InChI=1S/C22H21N5O/c1-16-8-10-18(11-9-16)22-17(2)14-26(25-22)15-21(28)24-20-12-13-23-27(20)19-6-4-3-5-7-19/h3-14H,15H2,1-2H3,(H,24,28). The predicted molar refractivity (Wildman–Crippen MR) is 109 cm³/mol. The maximum atomic E-state index is 12.6. The number of para-hydroxylation sites is 1. The molecule has 1 N–H and O–H groups in total. The summed E-state index contributed by atoms with van der Waals surface area (Å²) < 4.78 is 3.37. The van der Waals surface area contributed by atoms with E-state index < -0.39 is 0 Å². The Morgan fingerprint density at radius 3 is 2.50 bits per heavy atom. The van der Waals surface area contributed by atoms with Crippen molar-refractivity contribution in [2.45, 2.75) is 20.4 Å². The van der Waals surface area contributed by atoms with E-state index in [1.807, 2.05) is 55.6 Å². The minimum atomic E-state index is -0.157. The topological polar surface area (TPSA) is 64.7 Å². The van der Waals surface area contributed by atoms with Gasteiger partial charge in [0.1, 0.15) is 12.4 Å². The highest BCUT2D eigenvalue weighted by Crippen LogP contribution is 2.22. The number of benzene rings is 2. The van der Waals surface area contributed by atoms with Gasteiger partial charge < -0.3 is 5.32 Å². The second-order valence-corrected chi connectivity index (χ2v) is 6.74. The van der Waals surface area contributed by atoms with E-state index in [0.717, 1.165) is 22.5 Å². The van der Waals surface area contributed by atoms with Crippen molar-refractivity contribution in [1.82, 2.24) is 19.6 Å². The molecule has 140 valence electrons. The monoisotopic (exact) mass is 371 g/mol. The summed E-state index contributed by atoms with van der Waals surface area (Å²) in [6, 6.07) is 19.7. The first kappa shape index (κ1) is 17.7. The van der Waals surface area contributed by atoms with Crippen LogP contribution in [-0.2, 0) is 11.3 Å². The van der Waals surface area contributed by atoms with Crippen molar-refractivity contribution in [3.63, 3.8) is 0 Å². The molecular weight excluding hydrogens is 350 g/mol. The first-order valence-electron chi connectivity index (χ1n) is 9.10. The summed E-state index contributed by atoms with van der Waals surface area (Å²) in [6.45, 7) is 4.19. The fourth-order valence-corrected chi connectivity index (χ4v) is 3.10. The van der Waals surface area contributed by atoms with Gasteiger partial charge in [-0.15, -0.1) is 0 Å². The Labute approximate surface area is 163 Å². The summed E-state index contributed by atoms with van der Waals surface area (Å²) in [5.74, 6) is 0.467. The molecule has 2 aromatic carbocycles. The van der Waals surface area contributed by atoms with E-state index in [-0.39, 0.29) is 12.5 Å². The number of carbonyl (C=O) groups is 1. The van der Waals surface area contributed by atoms with Gasteiger partial charge in [-0.2, -0.15) is 10.2 Å². The fraction of sp³-hybridized carbons (Fsp3) is 0.136. The molecule has 0 saturated carbocycles.